The van der Waals surface area contributed by atoms with E-state index in [4.69, 9.17) is 15.2 Å². The van der Waals surface area contributed by atoms with E-state index in [9.17, 15) is 4.79 Å². The smallest absolute Gasteiger partial charge is 0.252 e. The second-order valence-corrected chi connectivity index (χ2v) is 6.00. The fraction of sp³-hybridized carbons (Fsp3) is 0.500. The number of hydrogen-bond acceptors (Lipinski definition) is 4. The van der Waals surface area contributed by atoms with Crippen LogP contribution in [-0.2, 0) is 0 Å². The summed E-state index contributed by atoms with van der Waals surface area (Å²) in [5, 5.41) is 3.01. The van der Waals surface area contributed by atoms with E-state index in [1.54, 1.807) is 26.4 Å². The molecule has 0 radical (unpaired) electrons. The van der Waals surface area contributed by atoms with Crippen molar-refractivity contribution >= 4 is 40.9 Å². The van der Waals surface area contributed by atoms with Gasteiger partial charge in [0.05, 0.1) is 19.8 Å². The van der Waals surface area contributed by atoms with Gasteiger partial charge in [0.2, 0.25) is 0 Å². The lowest BCUT2D eigenvalue weighted by Gasteiger charge is -2.17. The second kappa shape index (κ2) is 8.05. The lowest BCUT2D eigenvalue weighted by Crippen LogP contribution is -2.42. The van der Waals surface area contributed by atoms with Crippen LogP contribution in [0, 0.1) is 9.49 Å². The van der Waals surface area contributed by atoms with Gasteiger partial charge in [0, 0.05) is 16.2 Å². The van der Waals surface area contributed by atoms with E-state index in [1.807, 2.05) is 0 Å². The van der Waals surface area contributed by atoms with Gasteiger partial charge in [-0.25, -0.2) is 0 Å². The average molecular weight is 427 g/mol. The lowest BCUT2D eigenvalue weighted by molar-refractivity contribution is 0.0932. The molecule has 1 fully saturated rings. The highest BCUT2D eigenvalue weighted by atomic mass is 127. The van der Waals surface area contributed by atoms with Gasteiger partial charge in [0.1, 0.15) is 0 Å². The van der Waals surface area contributed by atoms with E-state index < -0.39 is 0 Å². The zero-order valence-corrected chi connectivity index (χ0v) is 15.0. The topological polar surface area (TPSA) is 73.6 Å². The molecule has 0 aromatic heterocycles. The van der Waals surface area contributed by atoms with Crippen LogP contribution in [0.15, 0.2) is 12.1 Å². The number of nitrogens with two attached hydrogens (primary N) is 1. The highest BCUT2D eigenvalue weighted by molar-refractivity contribution is 14.1. The lowest BCUT2D eigenvalue weighted by atomic mass is 10.1. The van der Waals surface area contributed by atoms with Gasteiger partial charge in [-0.1, -0.05) is 0 Å². The first-order chi connectivity index (χ1) is 9.60. The number of halogens is 2. The van der Waals surface area contributed by atoms with Gasteiger partial charge in [0.15, 0.2) is 11.5 Å². The zero-order chi connectivity index (χ0) is 14.7. The third kappa shape index (κ3) is 4.37. The molecule has 0 spiro atoms. The Morgan fingerprint density at radius 3 is 2.43 bits per heavy atom. The van der Waals surface area contributed by atoms with Gasteiger partial charge < -0.3 is 20.5 Å². The minimum absolute atomic E-state index is 0. The molecule has 1 aromatic rings. The molecule has 118 valence electrons. The Hall–Kier alpha value is -0.730. The van der Waals surface area contributed by atoms with Crippen LogP contribution in [-0.4, -0.2) is 32.7 Å². The van der Waals surface area contributed by atoms with Gasteiger partial charge >= 0.3 is 0 Å². The largest absolute Gasteiger partial charge is 0.493 e. The van der Waals surface area contributed by atoms with Crippen molar-refractivity contribution in [3.05, 3.63) is 21.3 Å². The second-order valence-electron chi connectivity index (χ2n) is 4.84. The van der Waals surface area contributed by atoms with Crippen molar-refractivity contribution in [1.29, 1.82) is 0 Å². The molecular weight excluding hydrogens is 407 g/mol. The normalized spacial score (nSPS) is 14.9. The van der Waals surface area contributed by atoms with E-state index in [0.717, 1.165) is 16.4 Å². The van der Waals surface area contributed by atoms with E-state index >= 15 is 0 Å². The number of carbonyl (C=O) groups is 1. The summed E-state index contributed by atoms with van der Waals surface area (Å²) in [5.41, 5.74) is 6.30. The van der Waals surface area contributed by atoms with E-state index in [0.29, 0.717) is 29.5 Å². The highest BCUT2D eigenvalue weighted by Gasteiger charge is 2.31. The van der Waals surface area contributed by atoms with Gasteiger partial charge in [0.25, 0.3) is 5.91 Å². The SMILES string of the molecule is COc1cc(I)c(C(=O)NC(CN)C2CC2)cc1OC.Cl. The molecule has 0 aliphatic heterocycles. The maximum absolute atomic E-state index is 12.4. The molecule has 1 aromatic carbocycles. The maximum atomic E-state index is 12.4. The number of ether oxygens (including phenoxy) is 2. The van der Waals surface area contributed by atoms with Crippen LogP contribution < -0.4 is 20.5 Å². The van der Waals surface area contributed by atoms with Crippen LogP contribution in [0.2, 0.25) is 0 Å². The predicted octanol–water partition coefficient (Wildman–Crippen LogP) is 2.20. The van der Waals surface area contributed by atoms with E-state index in [2.05, 4.69) is 27.9 Å². The van der Waals surface area contributed by atoms with Gasteiger partial charge in [-0.15, -0.1) is 12.4 Å². The Kier molecular flexibility index (Phi) is 7.02. The zero-order valence-electron chi connectivity index (χ0n) is 12.0. The maximum Gasteiger partial charge on any atom is 0.252 e. The number of rotatable bonds is 6. The fourth-order valence-corrected chi connectivity index (χ4v) is 2.83. The van der Waals surface area contributed by atoms with Crippen LogP contribution in [0.5, 0.6) is 11.5 Å². The Morgan fingerprint density at radius 2 is 1.95 bits per heavy atom. The van der Waals surface area contributed by atoms with Gasteiger partial charge in [-0.3, -0.25) is 4.79 Å². The molecule has 0 bridgehead atoms. The van der Waals surface area contributed by atoms with Crippen molar-refractivity contribution in [3.63, 3.8) is 0 Å². The number of hydrogen-bond donors (Lipinski definition) is 2. The number of nitrogens with one attached hydrogen (secondary N) is 1. The first-order valence-electron chi connectivity index (χ1n) is 6.53. The number of methoxy groups -OCH3 is 2. The summed E-state index contributed by atoms with van der Waals surface area (Å²) in [6, 6.07) is 3.56. The third-order valence-corrected chi connectivity index (χ3v) is 4.37. The molecule has 0 saturated heterocycles. The summed E-state index contributed by atoms with van der Waals surface area (Å²) < 4.78 is 11.3. The average Bonchev–Trinajstić information content (AvgIpc) is 3.28. The molecular formula is C14H20ClIN2O3. The third-order valence-electron chi connectivity index (χ3n) is 3.48. The molecule has 1 aliphatic rings. The molecule has 0 heterocycles. The fourth-order valence-electron chi connectivity index (χ4n) is 2.14. The van der Waals surface area contributed by atoms with E-state index in [1.165, 1.54) is 0 Å². The standard InChI is InChI=1S/C14H19IN2O3.ClH/c1-19-12-5-9(10(15)6-13(12)20-2)14(18)17-11(7-16)8-3-4-8;/h5-6,8,11H,3-4,7,16H2,1-2H3,(H,17,18);1H. The molecule has 3 N–H and O–H groups in total. The van der Waals surface area contributed by atoms with Crippen LogP contribution in [0.1, 0.15) is 23.2 Å². The van der Waals surface area contributed by atoms with Gasteiger partial charge in [-0.2, -0.15) is 0 Å². The Labute approximate surface area is 144 Å². The highest BCUT2D eigenvalue weighted by Crippen LogP contribution is 2.33. The van der Waals surface area contributed by atoms with Crippen LogP contribution in [0.4, 0.5) is 0 Å². The predicted molar refractivity (Wildman–Crippen MR) is 92.5 cm³/mol. The van der Waals surface area contributed by atoms with Crippen molar-refractivity contribution < 1.29 is 14.3 Å². The van der Waals surface area contributed by atoms with Crippen molar-refractivity contribution in [2.45, 2.75) is 18.9 Å². The first-order valence-corrected chi connectivity index (χ1v) is 7.61. The molecule has 5 nitrogen and oxygen atoms in total. The molecule has 1 atom stereocenters. The quantitative estimate of drug-likeness (QED) is 0.684. The van der Waals surface area contributed by atoms with Crippen molar-refractivity contribution in [2.75, 3.05) is 20.8 Å². The minimum Gasteiger partial charge on any atom is -0.493 e. The monoisotopic (exact) mass is 426 g/mol. The molecule has 7 heteroatoms. The molecule has 21 heavy (non-hydrogen) atoms. The Bertz CT molecular complexity index is 509. The van der Waals surface area contributed by atoms with Crippen LogP contribution in [0.3, 0.4) is 0 Å². The molecule has 1 unspecified atom stereocenters. The summed E-state index contributed by atoms with van der Waals surface area (Å²) >= 11 is 2.12. The molecule has 1 aliphatic carbocycles. The Balaban J connectivity index is 0.00000220. The summed E-state index contributed by atoms with van der Waals surface area (Å²) in [5.74, 6) is 1.58. The molecule has 1 saturated carbocycles. The Morgan fingerprint density at radius 1 is 1.38 bits per heavy atom. The summed E-state index contributed by atoms with van der Waals surface area (Å²) in [7, 11) is 3.13. The first kappa shape index (κ1) is 18.3. The van der Waals surface area contributed by atoms with Crippen molar-refractivity contribution in [1.82, 2.24) is 5.32 Å². The molecule has 2 rings (SSSR count). The molecule has 1 amide bonds. The summed E-state index contributed by atoms with van der Waals surface area (Å²) in [4.78, 5) is 12.4. The number of amides is 1. The summed E-state index contributed by atoms with van der Waals surface area (Å²) in [6.07, 6.45) is 2.29. The van der Waals surface area contributed by atoms with Crippen molar-refractivity contribution in [3.8, 4) is 11.5 Å². The van der Waals surface area contributed by atoms with Crippen LogP contribution >= 0.6 is 35.0 Å². The van der Waals surface area contributed by atoms with Crippen LogP contribution in [0.25, 0.3) is 0 Å². The minimum atomic E-state index is -0.113. The summed E-state index contributed by atoms with van der Waals surface area (Å²) in [6.45, 7) is 0.472. The number of carbonyl (C=O) groups excluding carboxylic acids is 1. The van der Waals surface area contributed by atoms with Gasteiger partial charge in [-0.05, 0) is 53.5 Å². The number of benzene rings is 1. The van der Waals surface area contributed by atoms with E-state index in [-0.39, 0.29) is 24.4 Å². The van der Waals surface area contributed by atoms with Crippen molar-refractivity contribution in [2.24, 2.45) is 11.7 Å².